The van der Waals surface area contributed by atoms with Gasteiger partial charge in [-0.25, -0.2) is 9.36 Å². The minimum Gasteiger partial charge on any atom is -0.358 e. The molecule has 0 fully saturated rings. The normalized spacial score (nSPS) is 11.1. The van der Waals surface area contributed by atoms with Gasteiger partial charge in [0, 0.05) is 11.3 Å². The van der Waals surface area contributed by atoms with Gasteiger partial charge in [-0.2, -0.15) is 4.98 Å². The van der Waals surface area contributed by atoms with Gasteiger partial charge in [0.1, 0.15) is 6.20 Å². The van der Waals surface area contributed by atoms with Crippen LogP contribution in [0.25, 0.3) is 0 Å². The van der Waals surface area contributed by atoms with E-state index in [-0.39, 0.29) is 23.5 Å². The van der Waals surface area contributed by atoms with E-state index in [4.69, 9.17) is 0 Å². The smallest absolute Gasteiger partial charge is 0.358 e. The molecular formula is C26H41N6O6+. The molecule has 0 atom stereocenters. The Bertz CT molecular complexity index is 937. The molecule has 210 valence electrons. The number of imidazole rings is 2. The van der Waals surface area contributed by atoms with Crippen LogP contribution >= 0.6 is 0 Å². The number of aromatic amines is 1. The molecule has 2 aromatic heterocycles. The van der Waals surface area contributed by atoms with Crippen molar-refractivity contribution in [3.63, 3.8) is 0 Å². The molecule has 2 aromatic rings. The summed E-state index contributed by atoms with van der Waals surface area (Å²) < 4.78 is 2.46. The van der Waals surface area contributed by atoms with Crippen molar-refractivity contribution >= 4 is 23.5 Å². The number of hydrogen-bond acceptors (Lipinski definition) is 7. The SMILES string of the molecule is O=C(CCCCCCCCCCCCCCCCCCC(=O)n1c[nH+]c([N+](=O)[O-])c1)n1cnc([N+](=O)[O-])c1. The number of nitro groups is 2. The number of unbranched alkanes of at least 4 members (excludes halogenated alkanes) is 15. The van der Waals surface area contributed by atoms with Crippen molar-refractivity contribution in [3.8, 4) is 0 Å². The van der Waals surface area contributed by atoms with Gasteiger partial charge in [-0.15, -0.1) is 4.57 Å². The lowest BCUT2D eigenvalue weighted by Gasteiger charge is -2.04. The molecule has 0 aliphatic heterocycles. The summed E-state index contributed by atoms with van der Waals surface area (Å²) in [7, 11) is 0. The fourth-order valence-corrected chi connectivity index (χ4v) is 4.41. The first-order valence-corrected chi connectivity index (χ1v) is 13.9. The molecule has 0 saturated carbocycles. The average molecular weight is 534 g/mol. The van der Waals surface area contributed by atoms with Crippen LogP contribution in [0.2, 0.25) is 0 Å². The van der Waals surface area contributed by atoms with E-state index in [1.807, 2.05) is 0 Å². The van der Waals surface area contributed by atoms with Crippen molar-refractivity contribution in [1.29, 1.82) is 0 Å². The Morgan fingerprint density at radius 3 is 1.45 bits per heavy atom. The van der Waals surface area contributed by atoms with Crippen LogP contribution in [-0.4, -0.2) is 35.8 Å². The quantitative estimate of drug-likeness (QED) is 0.103. The van der Waals surface area contributed by atoms with Gasteiger partial charge in [0.2, 0.25) is 18.4 Å². The predicted molar refractivity (Wildman–Crippen MR) is 141 cm³/mol. The third kappa shape index (κ3) is 12.2. The highest BCUT2D eigenvalue weighted by Crippen LogP contribution is 2.15. The molecule has 0 radical (unpaired) electrons. The topological polar surface area (TPSA) is 157 Å². The van der Waals surface area contributed by atoms with Gasteiger partial charge in [0.05, 0.1) is 6.42 Å². The maximum Gasteiger partial charge on any atom is 0.432 e. The van der Waals surface area contributed by atoms with Crippen molar-refractivity contribution in [2.45, 2.75) is 116 Å². The van der Waals surface area contributed by atoms with E-state index >= 15 is 0 Å². The monoisotopic (exact) mass is 533 g/mol. The highest BCUT2D eigenvalue weighted by molar-refractivity contribution is 5.79. The van der Waals surface area contributed by atoms with Gasteiger partial charge in [-0.3, -0.25) is 4.79 Å². The van der Waals surface area contributed by atoms with Crippen LogP contribution in [0.1, 0.15) is 125 Å². The van der Waals surface area contributed by atoms with Crippen molar-refractivity contribution in [3.05, 3.63) is 45.3 Å². The van der Waals surface area contributed by atoms with Gasteiger partial charge >= 0.3 is 23.9 Å². The Kier molecular flexibility index (Phi) is 14.5. The Labute approximate surface area is 223 Å². The van der Waals surface area contributed by atoms with E-state index in [1.54, 1.807) is 0 Å². The number of rotatable bonds is 21. The first-order chi connectivity index (χ1) is 18.4. The standard InChI is InChI=1S/C26H40N6O6/c33-25(29-19-23(27-21-29)31(35)36)17-15-13-11-9-7-5-3-1-2-4-6-8-10-12-14-16-18-26(34)30-20-24(28-22-30)32(37)38/h19-22H,1-18H2/p+1. The molecule has 2 heterocycles. The molecule has 0 aliphatic rings. The zero-order valence-corrected chi connectivity index (χ0v) is 22.2. The molecule has 38 heavy (non-hydrogen) atoms. The molecule has 0 amide bonds. The molecule has 12 heteroatoms. The Morgan fingerprint density at radius 2 is 1.08 bits per heavy atom. The second kappa shape index (κ2) is 17.9. The van der Waals surface area contributed by atoms with Crippen molar-refractivity contribution in [1.82, 2.24) is 14.1 Å². The van der Waals surface area contributed by atoms with Gasteiger partial charge in [-0.05, 0) is 22.7 Å². The molecule has 2 rings (SSSR count). The van der Waals surface area contributed by atoms with E-state index in [0.29, 0.717) is 12.8 Å². The second-order valence-corrected chi connectivity index (χ2v) is 9.79. The minimum atomic E-state index is -0.603. The molecule has 0 saturated heterocycles. The lowest BCUT2D eigenvalue weighted by Crippen LogP contribution is -2.09. The van der Waals surface area contributed by atoms with Crippen molar-refractivity contribution in [2.75, 3.05) is 0 Å². The number of hydrogen-bond donors (Lipinski definition) is 0. The summed E-state index contributed by atoms with van der Waals surface area (Å²) in [6.45, 7) is 0. The number of H-pyrrole nitrogens is 1. The summed E-state index contributed by atoms with van der Waals surface area (Å²) >= 11 is 0. The molecule has 0 spiro atoms. The number of carbonyl (C=O) groups excluding carboxylic acids is 2. The minimum absolute atomic E-state index is 0.121. The summed E-state index contributed by atoms with van der Waals surface area (Å²) in [5, 5.41) is 21.3. The summed E-state index contributed by atoms with van der Waals surface area (Å²) in [6, 6.07) is 0. The van der Waals surface area contributed by atoms with Crippen molar-refractivity contribution in [2.24, 2.45) is 0 Å². The van der Waals surface area contributed by atoms with E-state index in [9.17, 15) is 29.8 Å². The van der Waals surface area contributed by atoms with Crippen molar-refractivity contribution < 1.29 is 24.4 Å². The summed E-state index contributed by atoms with van der Waals surface area (Å²) in [4.78, 5) is 50.2. The molecule has 0 unspecified atom stereocenters. The summed E-state index contributed by atoms with van der Waals surface area (Å²) in [6.07, 6.45) is 24.0. The average Bonchev–Trinajstić information content (AvgIpc) is 3.58. The van der Waals surface area contributed by atoms with Crippen LogP contribution in [0, 0.1) is 20.2 Å². The molecular weight excluding hydrogens is 492 g/mol. The van der Waals surface area contributed by atoms with Crippen LogP contribution in [0.15, 0.2) is 25.0 Å². The number of nitrogens with zero attached hydrogens (tertiary/aromatic N) is 5. The van der Waals surface area contributed by atoms with Gasteiger partial charge < -0.3 is 20.2 Å². The summed E-state index contributed by atoms with van der Waals surface area (Å²) in [5.41, 5.74) is 0. The highest BCUT2D eigenvalue weighted by Gasteiger charge is 2.20. The Balaban J connectivity index is 1.30. The van der Waals surface area contributed by atoms with Crippen LogP contribution < -0.4 is 4.98 Å². The summed E-state index contributed by atoms with van der Waals surface area (Å²) in [5.74, 6) is -0.754. The van der Waals surface area contributed by atoms with Gasteiger partial charge in [0.15, 0.2) is 0 Å². The third-order valence-corrected chi connectivity index (χ3v) is 6.67. The molecule has 0 aromatic carbocycles. The van der Waals surface area contributed by atoms with E-state index in [1.165, 1.54) is 98.4 Å². The lowest BCUT2D eigenvalue weighted by atomic mass is 10.0. The highest BCUT2D eigenvalue weighted by atomic mass is 16.6. The maximum absolute atomic E-state index is 12.0. The molecule has 12 nitrogen and oxygen atoms in total. The largest absolute Gasteiger partial charge is 0.432 e. The first-order valence-electron chi connectivity index (χ1n) is 13.9. The number of nitrogens with one attached hydrogen (secondary N) is 1. The van der Waals surface area contributed by atoms with Crippen LogP contribution in [0.4, 0.5) is 11.6 Å². The van der Waals surface area contributed by atoms with E-state index in [0.717, 1.165) is 38.5 Å². The Morgan fingerprint density at radius 1 is 0.658 bits per heavy atom. The van der Waals surface area contributed by atoms with Gasteiger partial charge in [0.25, 0.3) is 0 Å². The van der Waals surface area contributed by atoms with Crippen LogP contribution in [0.3, 0.4) is 0 Å². The molecule has 0 bridgehead atoms. The Hall–Kier alpha value is -3.44. The van der Waals surface area contributed by atoms with E-state index < -0.39 is 9.85 Å². The third-order valence-electron chi connectivity index (χ3n) is 6.67. The van der Waals surface area contributed by atoms with E-state index in [2.05, 4.69) is 9.97 Å². The van der Waals surface area contributed by atoms with Gasteiger partial charge in [-0.1, -0.05) is 89.9 Å². The van der Waals surface area contributed by atoms with Crippen LogP contribution in [0.5, 0.6) is 0 Å². The number of aromatic nitrogens is 4. The predicted octanol–water partition coefficient (Wildman–Crippen LogP) is 6.32. The van der Waals surface area contributed by atoms with Crippen LogP contribution in [-0.2, 0) is 0 Å². The molecule has 0 aliphatic carbocycles. The fraction of sp³-hybridized carbons (Fsp3) is 0.692. The zero-order chi connectivity index (χ0) is 27.6. The zero-order valence-electron chi connectivity index (χ0n) is 22.2. The molecule has 1 N–H and O–H groups in total. The fourth-order valence-electron chi connectivity index (χ4n) is 4.41. The number of carbonyl (C=O) groups is 2. The maximum atomic E-state index is 12.0. The lowest BCUT2D eigenvalue weighted by molar-refractivity contribution is -0.524. The first kappa shape index (κ1) is 30.8. The second-order valence-electron chi connectivity index (χ2n) is 9.79.